The molecule has 1 aromatic heterocycles. The molecule has 104 valence electrons. The molecule has 7 heteroatoms. The number of nitrogens with one attached hydrogen (secondary N) is 1. The molecular formula is C12H16N2O4S. The van der Waals surface area contributed by atoms with E-state index in [1.165, 1.54) is 16.2 Å². The van der Waals surface area contributed by atoms with Gasteiger partial charge in [-0.05, 0) is 29.3 Å². The summed E-state index contributed by atoms with van der Waals surface area (Å²) in [4.78, 5) is 24.3. The number of aliphatic carboxylic acids is 1. The molecule has 1 fully saturated rings. The zero-order chi connectivity index (χ0) is 14.0. The number of carbonyl (C=O) groups is 2. The summed E-state index contributed by atoms with van der Waals surface area (Å²) in [7, 11) is 0. The van der Waals surface area contributed by atoms with Crippen molar-refractivity contribution in [1.82, 2.24) is 10.2 Å². The molecule has 0 saturated carbocycles. The van der Waals surface area contributed by atoms with E-state index < -0.39 is 24.1 Å². The lowest BCUT2D eigenvalue weighted by atomic mass is 10.2. The molecule has 0 aromatic carbocycles. The van der Waals surface area contributed by atoms with Gasteiger partial charge in [0.05, 0.1) is 12.1 Å². The first-order valence-corrected chi connectivity index (χ1v) is 6.93. The van der Waals surface area contributed by atoms with Crippen LogP contribution in [0.15, 0.2) is 16.8 Å². The van der Waals surface area contributed by atoms with Crippen LogP contribution in [0.5, 0.6) is 0 Å². The Morgan fingerprint density at radius 3 is 2.89 bits per heavy atom. The minimum absolute atomic E-state index is 0.0547. The van der Waals surface area contributed by atoms with E-state index in [9.17, 15) is 14.7 Å². The summed E-state index contributed by atoms with van der Waals surface area (Å²) < 4.78 is 0. The first-order valence-electron chi connectivity index (χ1n) is 5.99. The van der Waals surface area contributed by atoms with Crippen molar-refractivity contribution < 1.29 is 19.8 Å². The van der Waals surface area contributed by atoms with Crippen molar-refractivity contribution in [3.8, 4) is 0 Å². The molecule has 1 aliphatic heterocycles. The minimum atomic E-state index is -1.09. The molecule has 0 bridgehead atoms. The molecule has 0 aliphatic carbocycles. The van der Waals surface area contributed by atoms with Crippen molar-refractivity contribution in [2.45, 2.75) is 31.5 Å². The van der Waals surface area contributed by atoms with Crippen LogP contribution < -0.4 is 5.32 Å². The number of urea groups is 1. The Morgan fingerprint density at radius 2 is 2.32 bits per heavy atom. The van der Waals surface area contributed by atoms with Gasteiger partial charge < -0.3 is 20.4 Å². The monoisotopic (exact) mass is 284 g/mol. The quantitative estimate of drug-likeness (QED) is 0.773. The van der Waals surface area contributed by atoms with E-state index in [1.54, 1.807) is 0 Å². The van der Waals surface area contributed by atoms with E-state index in [0.29, 0.717) is 0 Å². The van der Waals surface area contributed by atoms with Gasteiger partial charge in [-0.15, -0.1) is 0 Å². The van der Waals surface area contributed by atoms with E-state index in [4.69, 9.17) is 5.11 Å². The van der Waals surface area contributed by atoms with Crippen LogP contribution in [0, 0.1) is 0 Å². The van der Waals surface area contributed by atoms with Crippen molar-refractivity contribution in [2.75, 3.05) is 6.54 Å². The standard InChI is InChI=1S/C12H16N2O4S/c1-7(8-2-3-19-6-8)13-12(18)14-5-9(15)4-10(14)11(16)17/h2-3,6-7,9-10,15H,4-5H2,1H3,(H,13,18)(H,16,17)/t7?,9-,10+/m1/s1. The molecule has 6 nitrogen and oxygen atoms in total. The van der Waals surface area contributed by atoms with Crippen LogP contribution in [-0.2, 0) is 4.79 Å². The van der Waals surface area contributed by atoms with E-state index in [0.717, 1.165) is 5.56 Å². The number of amides is 2. The largest absolute Gasteiger partial charge is 0.480 e. The van der Waals surface area contributed by atoms with Crippen molar-refractivity contribution in [2.24, 2.45) is 0 Å². The molecule has 0 spiro atoms. The summed E-state index contributed by atoms with van der Waals surface area (Å²) in [6, 6.07) is 0.307. The van der Waals surface area contributed by atoms with Crippen molar-refractivity contribution in [3.05, 3.63) is 22.4 Å². The average Bonchev–Trinajstić information content (AvgIpc) is 2.96. The van der Waals surface area contributed by atoms with Gasteiger partial charge in [0, 0.05) is 13.0 Å². The highest BCUT2D eigenvalue weighted by Crippen LogP contribution is 2.20. The third kappa shape index (κ3) is 3.05. The number of carbonyl (C=O) groups excluding carboxylic acids is 1. The zero-order valence-electron chi connectivity index (χ0n) is 10.4. The zero-order valence-corrected chi connectivity index (χ0v) is 11.3. The maximum atomic E-state index is 12.1. The highest BCUT2D eigenvalue weighted by molar-refractivity contribution is 7.07. The fourth-order valence-electron chi connectivity index (χ4n) is 2.15. The fourth-order valence-corrected chi connectivity index (χ4v) is 2.90. The number of carboxylic acids is 1. The van der Waals surface area contributed by atoms with Gasteiger partial charge in [0.15, 0.2) is 0 Å². The number of carboxylic acid groups (broad SMARTS) is 1. The van der Waals surface area contributed by atoms with Gasteiger partial charge in [0.25, 0.3) is 0 Å². The topological polar surface area (TPSA) is 89.9 Å². The Bertz CT molecular complexity index is 462. The van der Waals surface area contributed by atoms with Crippen LogP contribution in [0.25, 0.3) is 0 Å². The van der Waals surface area contributed by atoms with Crippen molar-refractivity contribution >= 4 is 23.3 Å². The second-order valence-corrected chi connectivity index (χ2v) is 5.40. The maximum Gasteiger partial charge on any atom is 0.326 e. The molecule has 3 N–H and O–H groups in total. The van der Waals surface area contributed by atoms with E-state index in [2.05, 4.69) is 5.32 Å². The van der Waals surface area contributed by atoms with Crippen LogP contribution in [0.4, 0.5) is 4.79 Å². The molecule has 19 heavy (non-hydrogen) atoms. The van der Waals surface area contributed by atoms with Crippen molar-refractivity contribution in [1.29, 1.82) is 0 Å². The van der Waals surface area contributed by atoms with Crippen LogP contribution in [-0.4, -0.2) is 45.8 Å². The molecule has 2 rings (SSSR count). The van der Waals surface area contributed by atoms with Crippen LogP contribution >= 0.6 is 11.3 Å². The SMILES string of the molecule is CC(NC(=O)N1C[C@H](O)C[C@H]1C(=O)O)c1ccsc1. The van der Waals surface area contributed by atoms with E-state index in [-0.39, 0.29) is 19.0 Å². The van der Waals surface area contributed by atoms with Gasteiger partial charge in [-0.3, -0.25) is 0 Å². The Labute approximate surface area is 114 Å². The average molecular weight is 284 g/mol. The summed E-state index contributed by atoms with van der Waals surface area (Å²) in [5.74, 6) is -1.09. The molecule has 2 amide bonds. The highest BCUT2D eigenvalue weighted by atomic mass is 32.1. The molecule has 2 heterocycles. The summed E-state index contributed by atoms with van der Waals surface area (Å²) >= 11 is 1.53. The first-order chi connectivity index (χ1) is 8.99. The van der Waals surface area contributed by atoms with Gasteiger partial charge in [-0.1, -0.05) is 0 Å². The predicted octanol–water partition coefficient (Wildman–Crippen LogP) is 1.04. The van der Waals surface area contributed by atoms with E-state index in [1.807, 2.05) is 23.8 Å². The van der Waals surface area contributed by atoms with Gasteiger partial charge in [0.2, 0.25) is 0 Å². The van der Waals surface area contributed by atoms with Crippen LogP contribution in [0.3, 0.4) is 0 Å². The minimum Gasteiger partial charge on any atom is -0.480 e. The molecule has 1 aliphatic rings. The number of aliphatic hydroxyl groups excluding tert-OH is 1. The third-order valence-electron chi connectivity index (χ3n) is 3.21. The number of hydrogen-bond acceptors (Lipinski definition) is 4. The highest BCUT2D eigenvalue weighted by Gasteiger charge is 2.39. The summed E-state index contributed by atoms with van der Waals surface area (Å²) in [5.41, 5.74) is 0.977. The summed E-state index contributed by atoms with van der Waals surface area (Å²) in [6.45, 7) is 1.89. The smallest absolute Gasteiger partial charge is 0.326 e. The number of rotatable bonds is 3. The van der Waals surface area contributed by atoms with E-state index >= 15 is 0 Å². The number of aliphatic hydroxyl groups is 1. The Morgan fingerprint density at radius 1 is 1.58 bits per heavy atom. The Balaban J connectivity index is 2.01. The van der Waals surface area contributed by atoms with Crippen LogP contribution in [0.1, 0.15) is 24.9 Å². The molecule has 1 unspecified atom stereocenters. The van der Waals surface area contributed by atoms with Gasteiger partial charge in [0.1, 0.15) is 6.04 Å². The van der Waals surface area contributed by atoms with Gasteiger partial charge >= 0.3 is 12.0 Å². The summed E-state index contributed by atoms with van der Waals surface area (Å²) in [6.07, 6.45) is -0.696. The number of hydrogen-bond donors (Lipinski definition) is 3. The second-order valence-electron chi connectivity index (χ2n) is 4.62. The van der Waals surface area contributed by atoms with Crippen molar-refractivity contribution in [3.63, 3.8) is 0 Å². The van der Waals surface area contributed by atoms with Gasteiger partial charge in [-0.2, -0.15) is 11.3 Å². The molecule has 3 atom stereocenters. The number of thiophene rings is 1. The lowest BCUT2D eigenvalue weighted by Gasteiger charge is -2.23. The Hall–Kier alpha value is -1.60. The molecule has 1 aromatic rings. The lowest BCUT2D eigenvalue weighted by molar-refractivity contribution is -0.141. The molecule has 0 radical (unpaired) electrons. The number of nitrogens with zero attached hydrogens (tertiary/aromatic N) is 1. The fraction of sp³-hybridized carbons (Fsp3) is 0.500. The maximum absolute atomic E-state index is 12.1. The Kier molecular flexibility index (Phi) is 4.06. The summed E-state index contributed by atoms with van der Waals surface area (Å²) in [5, 5.41) is 25.1. The first kappa shape index (κ1) is 13.8. The number of β-amino-alcohol motifs (C(OH)–C–C–N with tert-alkyl or cyclic N) is 1. The lowest BCUT2D eigenvalue weighted by Crippen LogP contribution is -2.46. The third-order valence-corrected chi connectivity index (χ3v) is 3.91. The number of likely N-dealkylation sites (tertiary alicyclic amines) is 1. The normalized spacial score (nSPS) is 24.2. The predicted molar refractivity (Wildman–Crippen MR) is 70.0 cm³/mol. The molecular weight excluding hydrogens is 268 g/mol. The second kappa shape index (κ2) is 5.58. The molecule has 1 saturated heterocycles. The van der Waals surface area contributed by atoms with Crippen LogP contribution in [0.2, 0.25) is 0 Å². The van der Waals surface area contributed by atoms with Gasteiger partial charge in [-0.25, -0.2) is 9.59 Å².